The van der Waals surface area contributed by atoms with Crippen LogP contribution in [0.25, 0.3) is 0 Å². The van der Waals surface area contributed by atoms with E-state index in [9.17, 15) is 10.2 Å². The smallest absolute Gasteiger partial charge is 0.212 e. The van der Waals surface area contributed by atoms with Crippen molar-refractivity contribution in [3.05, 3.63) is 0 Å². The van der Waals surface area contributed by atoms with Gasteiger partial charge in [-0.3, -0.25) is 0 Å². The molecule has 0 aromatic carbocycles. The van der Waals surface area contributed by atoms with E-state index in [-0.39, 0.29) is 30.9 Å². The van der Waals surface area contributed by atoms with Crippen molar-refractivity contribution < 1.29 is 14.9 Å². The lowest BCUT2D eigenvalue weighted by Gasteiger charge is -2.43. The minimum atomic E-state index is -1.64. The maximum Gasteiger partial charge on any atom is 0.212 e. The predicted octanol–water partition coefficient (Wildman–Crippen LogP) is 1.18. The van der Waals surface area contributed by atoms with Crippen molar-refractivity contribution in [1.82, 2.24) is 0 Å². The molecular formula is C12H25N2O3P. The molecule has 0 unspecified atom stereocenters. The maximum absolute atomic E-state index is 10.7. The Kier molecular flexibility index (Phi) is 7.93. The molecule has 5 nitrogen and oxygen atoms in total. The number of nitriles is 1. The molecular weight excluding hydrogens is 251 g/mol. The number of nitrogens with zero attached hydrogens (tertiary/aromatic N) is 1. The van der Waals surface area contributed by atoms with Gasteiger partial charge in [-0.05, 0) is 19.2 Å². The van der Waals surface area contributed by atoms with Gasteiger partial charge in [0, 0.05) is 6.54 Å². The van der Waals surface area contributed by atoms with E-state index < -0.39 is 19.6 Å². The van der Waals surface area contributed by atoms with Crippen molar-refractivity contribution in [3.63, 3.8) is 0 Å². The van der Waals surface area contributed by atoms with E-state index in [0.717, 1.165) is 0 Å². The molecule has 0 aliphatic carbocycles. The summed E-state index contributed by atoms with van der Waals surface area (Å²) in [6.45, 7) is 8.01. The summed E-state index contributed by atoms with van der Waals surface area (Å²) >= 11 is 0. The summed E-state index contributed by atoms with van der Waals surface area (Å²) in [6.07, 6.45) is -0.953. The molecule has 0 aromatic heterocycles. The van der Waals surface area contributed by atoms with E-state index in [1.54, 1.807) is 0 Å². The van der Waals surface area contributed by atoms with E-state index >= 15 is 0 Å². The number of aliphatic hydroxyl groups is 2. The zero-order valence-corrected chi connectivity index (χ0v) is 12.5. The Bertz CT molecular complexity index is 273. The Hall–Kier alpha value is -0.240. The van der Waals surface area contributed by atoms with Gasteiger partial charge in [-0.25, -0.2) is 0 Å². The first-order chi connectivity index (χ1) is 8.31. The van der Waals surface area contributed by atoms with Crippen LogP contribution in [0.2, 0.25) is 0 Å². The van der Waals surface area contributed by atoms with Gasteiger partial charge in [0.15, 0.2) is 0 Å². The van der Waals surface area contributed by atoms with Gasteiger partial charge in [-0.2, -0.15) is 5.26 Å². The van der Waals surface area contributed by atoms with Gasteiger partial charge in [0.25, 0.3) is 0 Å². The normalized spacial score (nSPS) is 16.9. The zero-order valence-electron chi connectivity index (χ0n) is 11.6. The highest BCUT2D eigenvalue weighted by Crippen LogP contribution is 2.57. The largest absolute Gasteiger partial charge is 0.386 e. The molecule has 0 amide bonds. The molecule has 0 rings (SSSR count). The number of hydrogen-bond donors (Lipinski definition) is 3. The van der Waals surface area contributed by atoms with Crippen molar-refractivity contribution >= 4 is 7.92 Å². The molecule has 0 aliphatic heterocycles. The first-order valence-corrected chi connectivity index (χ1v) is 7.69. The molecule has 0 aliphatic rings. The second-order valence-corrected chi connectivity index (χ2v) is 8.28. The summed E-state index contributed by atoms with van der Waals surface area (Å²) in [5.41, 5.74) is 4.20. The number of rotatable bonds is 8. The Morgan fingerprint density at radius 3 is 2.17 bits per heavy atom. The summed E-state index contributed by atoms with van der Waals surface area (Å²) in [4.78, 5) is 0. The quantitative estimate of drug-likeness (QED) is 0.351. The third-order valence-electron chi connectivity index (χ3n) is 2.67. The molecule has 0 saturated heterocycles. The zero-order chi connectivity index (χ0) is 14.3. The number of hydrogen-bond acceptors (Lipinski definition) is 5. The minimum Gasteiger partial charge on any atom is -0.386 e. The Morgan fingerprint density at radius 1 is 1.33 bits per heavy atom. The fraction of sp³-hybridized carbons (Fsp3) is 0.917. The number of aliphatic hydroxyl groups excluding tert-OH is 1. The summed E-state index contributed by atoms with van der Waals surface area (Å²) in [5, 5.41) is 29.2. The van der Waals surface area contributed by atoms with Crippen molar-refractivity contribution in [1.29, 1.82) is 5.26 Å². The van der Waals surface area contributed by atoms with Crippen LogP contribution in [0.4, 0.5) is 0 Å². The molecule has 0 fully saturated rings. The Balaban J connectivity index is 5.10. The number of ether oxygens (including phenoxy) is 1. The van der Waals surface area contributed by atoms with Crippen LogP contribution < -0.4 is 5.73 Å². The Labute approximate surface area is 111 Å². The van der Waals surface area contributed by atoms with E-state index in [0.29, 0.717) is 0 Å². The van der Waals surface area contributed by atoms with Gasteiger partial charge in [0.05, 0.1) is 19.1 Å². The molecule has 6 heteroatoms. The van der Waals surface area contributed by atoms with Crippen molar-refractivity contribution in [2.75, 3.05) is 13.2 Å². The van der Waals surface area contributed by atoms with Gasteiger partial charge >= 0.3 is 0 Å². The van der Waals surface area contributed by atoms with Gasteiger partial charge in [0.2, 0.25) is 5.53 Å². The van der Waals surface area contributed by atoms with E-state index in [4.69, 9.17) is 15.7 Å². The van der Waals surface area contributed by atoms with Crippen LogP contribution in [0.5, 0.6) is 0 Å². The molecule has 0 radical (unpaired) electrons. The van der Waals surface area contributed by atoms with E-state index in [2.05, 4.69) is 0 Å². The van der Waals surface area contributed by atoms with Gasteiger partial charge in [-0.1, -0.05) is 27.7 Å². The summed E-state index contributed by atoms with van der Waals surface area (Å²) in [7, 11) is -0.992. The first kappa shape index (κ1) is 17.8. The molecule has 0 heterocycles. The van der Waals surface area contributed by atoms with Gasteiger partial charge in [-0.15, -0.1) is 0 Å². The third kappa shape index (κ3) is 4.46. The molecule has 0 saturated carbocycles. The fourth-order valence-electron chi connectivity index (χ4n) is 2.08. The fourth-order valence-corrected chi connectivity index (χ4v) is 5.44. The molecule has 0 bridgehead atoms. The van der Waals surface area contributed by atoms with Gasteiger partial charge in [0.1, 0.15) is 6.10 Å². The van der Waals surface area contributed by atoms with Crippen molar-refractivity contribution in [2.24, 2.45) is 5.73 Å². The molecule has 0 aromatic rings. The van der Waals surface area contributed by atoms with E-state index in [1.807, 2.05) is 33.8 Å². The average Bonchev–Trinajstić information content (AvgIpc) is 2.27. The second-order valence-electron chi connectivity index (χ2n) is 4.76. The van der Waals surface area contributed by atoms with Crippen LogP contribution in [0.15, 0.2) is 0 Å². The van der Waals surface area contributed by atoms with Crippen LogP contribution >= 0.6 is 7.92 Å². The van der Waals surface area contributed by atoms with Crippen LogP contribution in [-0.4, -0.2) is 46.3 Å². The molecule has 2 atom stereocenters. The predicted molar refractivity (Wildman–Crippen MR) is 73.4 cm³/mol. The van der Waals surface area contributed by atoms with Crippen LogP contribution in [0.1, 0.15) is 34.1 Å². The van der Waals surface area contributed by atoms with Crippen molar-refractivity contribution in [2.45, 2.75) is 57.1 Å². The molecule has 0 spiro atoms. The van der Waals surface area contributed by atoms with Crippen LogP contribution in [-0.2, 0) is 4.74 Å². The average molecular weight is 276 g/mol. The summed E-state index contributed by atoms with van der Waals surface area (Å²) in [6, 6.07) is 1.95. The first-order valence-electron chi connectivity index (χ1n) is 6.21. The van der Waals surface area contributed by atoms with E-state index in [1.165, 1.54) is 0 Å². The summed E-state index contributed by atoms with van der Waals surface area (Å²) in [5.74, 6) is 0. The molecule has 106 valence electrons. The van der Waals surface area contributed by atoms with Crippen LogP contribution in [0, 0.1) is 11.3 Å². The van der Waals surface area contributed by atoms with Crippen LogP contribution in [0.3, 0.4) is 0 Å². The van der Waals surface area contributed by atoms with Gasteiger partial charge < -0.3 is 20.7 Å². The minimum absolute atomic E-state index is 0.0681. The number of nitrogens with two attached hydrogens (primary N) is 1. The SMILES string of the molecule is CC(C)P(C(C)C)[C@@](O)(OCCC#N)[C@@H](O)CN. The molecule has 18 heavy (non-hydrogen) atoms. The van der Waals surface area contributed by atoms with Crippen molar-refractivity contribution in [3.8, 4) is 6.07 Å². The maximum atomic E-state index is 10.7. The lowest BCUT2D eigenvalue weighted by atomic mass is 10.3. The summed E-state index contributed by atoms with van der Waals surface area (Å²) < 4.78 is 5.44. The highest BCUT2D eigenvalue weighted by atomic mass is 31.1. The highest BCUT2D eigenvalue weighted by molar-refractivity contribution is 7.60. The highest BCUT2D eigenvalue weighted by Gasteiger charge is 2.46. The lowest BCUT2D eigenvalue weighted by Crippen LogP contribution is -2.49. The molecule has 4 N–H and O–H groups in total. The monoisotopic (exact) mass is 276 g/mol. The lowest BCUT2D eigenvalue weighted by molar-refractivity contribution is -0.192. The second kappa shape index (κ2) is 8.04. The standard InChI is InChI=1S/C12H25N2O3P/c1-9(2)18(10(3)4)12(16,11(15)8-14)17-7-5-6-13/h9-11,15-16H,5,7-8,14H2,1-4H3/t11-,12-/m0/s1. The Morgan fingerprint density at radius 2 is 1.83 bits per heavy atom. The topological polar surface area (TPSA) is 99.5 Å². The third-order valence-corrected chi connectivity index (χ3v) is 6.06.